The summed E-state index contributed by atoms with van der Waals surface area (Å²) >= 11 is 0. The number of benzene rings is 6. The highest BCUT2D eigenvalue weighted by Crippen LogP contribution is 2.57. The third kappa shape index (κ3) is 5.17. The Balaban J connectivity index is 1.48. The number of anilines is 4. The van der Waals surface area contributed by atoms with Crippen LogP contribution < -0.4 is 41.6 Å². The monoisotopic (exact) mass is 697 g/mol. The molecule has 0 saturated carbocycles. The second kappa shape index (κ2) is 12.7. The molecule has 2 atom stereocenters. The van der Waals surface area contributed by atoms with E-state index in [9.17, 15) is 0 Å². The van der Waals surface area contributed by atoms with Gasteiger partial charge in [0.15, 0.2) is 0 Å². The van der Waals surface area contributed by atoms with E-state index in [1.165, 1.54) is 43.2 Å². The first-order chi connectivity index (χ1) is 25.0. The van der Waals surface area contributed by atoms with E-state index >= 15 is 0 Å². The van der Waals surface area contributed by atoms with E-state index in [4.69, 9.17) is 9.97 Å². The van der Waals surface area contributed by atoms with Crippen molar-refractivity contribution >= 4 is 91.6 Å². The predicted octanol–water partition coefficient (Wildman–Crippen LogP) is 7.10. The summed E-state index contributed by atoms with van der Waals surface area (Å²) in [5.74, 6) is 0. The summed E-state index contributed by atoms with van der Waals surface area (Å²) in [6, 6.07) is 49.1. The van der Waals surface area contributed by atoms with Gasteiger partial charge in [-0.3, -0.25) is 0 Å². The summed E-state index contributed by atoms with van der Waals surface area (Å²) in [5, 5.41) is 9.67. The maximum atomic E-state index is 4.81. The van der Waals surface area contributed by atoms with Crippen LogP contribution in [0.1, 0.15) is 0 Å². The van der Waals surface area contributed by atoms with Crippen LogP contribution in [0, 0.1) is 0 Å². The van der Waals surface area contributed by atoms with Crippen LogP contribution in [0.15, 0.2) is 159 Å². The number of rotatable bonds is 2. The molecule has 51 heavy (non-hydrogen) atoms. The van der Waals surface area contributed by atoms with Crippen LogP contribution in [0.4, 0.5) is 22.7 Å². The Bertz CT molecular complexity index is 2560. The van der Waals surface area contributed by atoms with E-state index in [-0.39, 0.29) is 0 Å². The summed E-state index contributed by atoms with van der Waals surface area (Å²) in [4.78, 5) is 23.3. The van der Waals surface area contributed by atoms with Crippen LogP contribution in [-0.2, 0) is 0 Å². The summed E-state index contributed by atoms with van der Waals surface area (Å²) in [6.45, 7) is 2.47. The molecular weight excluding hydrogens is 662 g/mol. The first kappa shape index (κ1) is 31.4. The minimum Gasteiger partial charge on any atom is -0.341 e. The molecule has 1 aliphatic heterocycles. The van der Waals surface area contributed by atoms with Gasteiger partial charge in [-0.05, 0) is 61.8 Å². The zero-order valence-corrected chi connectivity index (χ0v) is 30.4. The highest BCUT2D eigenvalue weighted by Gasteiger charge is 2.46. The molecule has 0 saturated heterocycles. The number of hydrogen-bond donors (Lipinski definition) is 0. The first-order valence-corrected chi connectivity index (χ1v) is 20.5. The van der Waals surface area contributed by atoms with E-state index < -0.39 is 15.2 Å². The van der Waals surface area contributed by atoms with Crippen molar-refractivity contribution in [2.45, 2.75) is 0 Å². The van der Waals surface area contributed by atoms with Gasteiger partial charge < -0.3 is 9.80 Å². The minimum absolute atomic E-state index is 0.928. The van der Waals surface area contributed by atoms with Crippen molar-refractivity contribution in [1.29, 1.82) is 0 Å². The lowest BCUT2D eigenvalue weighted by Crippen LogP contribution is -2.38. The Morgan fingerprint density at radius 2 is 1.08 bits per heavy atom. The van der Waals surface area contributed by atoms with Gasteiger partial charge in [0.05, 0.1) is 34.8 Å². The highest BCUT2D eigenvalue weighted by molar-refractivity contribution is 7.95. The quantitative estimate of drug-likeness (QED) is 0.180. The van der Waals surface area contributed by atoms with Crippen molar-refractivity contribution < 1.29 is 0 Å². The summed E-state index contributed by atoms with van der Waals surface area (Å²) < 4.78 is 0. The zero-order chi connectivity index (χ0) is 34.5. The lowest BCUT2D eigenvalue weighted by molar-refractivity contribution is 1.20. The topological polar surface area (TPSA) is 58.0 Å². The van der Waals surface area contributed by atoms with Crippen LogP contribution in [0.25, 0.3) is 21.8 Å². The van der Waals surface area contributed by atoms with E-state index in [0.29, 0.717) is 0 Å². The lowest BCUT2D eigenvalue weighted by Gasteiger charge is -2.36. The summed E-state index contributed by atoms with van der Waals surface area (Å²) in [6.07, 6.45) is 7.15. The molecule has 2 aromatic heterocycles. The molecule has 2 unspecified atom stereocenters. The van der Waals surface area contributed by atoms with Crippen LogP contribution in [0.3, 0.4) is 0 Å². The van der Waals surface area contributed by atoms with Gasteiger partial charge >= 0.3 is 0 Å². The molecule has 6 aromatic carbocycles. The molecule has 0 radical (unpaired) electrons. The Morgan fingerprint density at radius 3 is 1.80 bits per heavy atom. The molecular formula is C43H35N6P2+. The minimum atomic E-state index is -2.33. The standard InChI is InChI=1S/C43H35N6P2/c1-48-36-18-10-12-20-40(36)50(32-14-6-4-7-15-32)41-24-34-30(26-44-28-46-34)22-38(41)49(2)39-23-31-27-45-29-47-35(31)25-43(39)51(3,33-16-8-5-9-17-33)42-21-13-11-19-37(42)48/h4-29H,1-3H3/q+1. The van der Waals surface area contributed by atoms with Crippen LogP contribution >= 0.6 is 15.2 Å². The van der Waals surface area contributed by atoms with Gasteiger partial charge in [-0.25, -0.2) is 19.9 Å². The van der Waals surface area contributed by atoms with E-state index in [2.05, 4.69) is 174 Å². The number of nitrogens with zero attached hydrogens (tertiary/aromatic N) is 6. The van der Waals surface area contributed by atoms with Crippen molar-refractivity contribution in [3.8, 4) is 0 Å². The van der Waals surface area contributed by atoms with E-state index in [1.54, 1.807) is 12.7 Å². The SMILES string of the molecule is CN1c2ccccc2P(c2ccccc2)c2cc3ncncc3cc2N(C)c2cc3cncnc3cc2[P+](C)(c2ccccc2)c2ccccc21. The van der Waals surface area contributed by atoms with Crippen LogP contribution in [-0.4, -0.2) is 40.7 Å². The van der Waals surface area contributed by atoms with E-state index in [0.717, 1.165) is 33.2 Å². The van der Waals surface area contributed by atoms with Gasteiger partial charge in [-0.2, -0.15) is 0 Å². The van der Waals surface area contributed by atoms with Gasteiger partial charge in [0.2, 0.25) is 0 Å². The molecule has 0 bridgehead atoms. The summed E-state index contributed by atoms with van der Waals surface area (Å²) in [5.41, 5.74) is 6.48. The Hall–Kier alpha value is -5.54. The van der Waals surface area contributed by atoms with Crippen molar-refractivity contribution in [3.63, 3.8) is 0 Å². The number of aromatic nitrogens is 4. The number of para-hydroxylation sites is 2. The maximum absolute atomic E-state index is 4.81. The average molecular weight is 698 g/mol. The lowest BCUT2D eigenvalue weighted by atomic mass is 10.1. The fourth-order valence-corrected chi connectivity index (χ4v) is 13.9. The molecule has 0 spiro atoms. The third-order valence-electron chi connectivity index (χ3n) is 10.1. The molecule has 3 heterocycles. The van der Waals surface area contributed by atoms with Crippen molar-refractivity contribution in [2.24, 2.45) is 0 Å². The van der Waals surface area contributed by atoms with Gasteiger partial charge in [0.25, 0.3) is 0 Å². The second-order valence-corrected chi connectivity index (χ2v) is 18.6. The molecule has 0 aliphatic carbocycles. The summed E-state index contributed by atoms with van der Waals surface area (Å²) in [7, 11) is 1.05. The Kier molecular flexibility index (Phi) is 7.80. The molecule has 0 fully saturated rings. The maximum Gasteiger partial charge on any atom is 0.130 e. The van der Waals surface area contributed by atoms with Gasteiger partial charge in [-0.15, -0.1) is 0 Å². The Morgan fingerprint density at radius 1 is 0.510 bits per heavy atom. The molecule has 8 aromatic rings. The fraction of sp³-hybridized carbons (Fsp3) is 0.0698. The van der Waals surface area contributed by atoms with Crippen LogP contribution in [0.5, 0.6) is 0 Å². The average Bonchev–Trinajstić information content (AvgIpc) is 3.20. The smallest absolute Gasteiger partial charge is 0.130 e. The highest BCUT2D eigenvalue weighted by atomic mass is 31.2. The molecule has 0 N–H and O–H groups in total. The van der Waals surface area contributed by atoms with Gasteiger partial charge in [0, 0.05) is 59.6 Å². The van der Waals surface area contributed by atoms with Crippen LogP contribution in [0.2, 0.25) is 0 Å². The second-order valence-electron chi connectivity index (χ2n) is 13.0. The molecule has 0 amide bonds. The predicted molar refractivity (Wildman–Crippen MR) is 219 cm³/mol. The number of fused-ring (bicyclic) bond motifs is 6. The largest absolute Gasteiger partial charge is 0.341 e. The third-order valence-corrected chi connectivity index (χ3v) is 16.7. The van der Waals surface area contributed by atoms with Crippen molar-refractivity contribution in [3.05, 3.63) is 159 Å². The van der Waals surface area contributed by atoms with E-state index in [1.807, 2.05) is 12.4 Å². The van der Waals surface area contributed by atoms with Gasteiger partial charge in [0.1, 0.15) is 35.8 Å². The normalized spacial score (nSPS) is 17.1. The molecule has 246 valence electrons. The molecule has 9 rings (SSSR count). The molecule has 6 nitrogen and oxygen atoms in total. The molecule has 8 heteroatoms. The van der Waals surface area contributed by atoms with Gasteiger partial charge in [-0.1, -0.05) is 78.9 Å². The number of hydrogen-bond acceptors (Lipinski definition) is 6. The molecule has 1 aliphatic rings. The fourth-order valence-electron chi connectivity index (χ4n) is 7.53. The zero-order valence-electron chi connectivity index (χ0n) is 28.6. The Labute approximate surface area is 299 Å². The first-order valence-electron chi connectivity index (χ1n) is 16.9. The van der Waals surface area contributed by atoms with Crippen molar-refractivity contribution in [2.75, 3.05) is 30.6 Å². The van der Waals surface area contributed by atoms with Crippen molar-refractivity contribution in [1.82, 2.24) is 19.9 Å².